The molecule has 0 aliphatic carbocycles. The molecule has 1 aliphatic rings. The summed E-state index contributed by atoms with van der Waals surface area (Å²) in [6.45, 7) is 2.68. The van der Waals surface area contributed by atoms with Gasteiger partial charge in [-0.15, -0.1) is 0 Å². The van der Waals surface area contributed by atoms with Crippen LogP contribution in [0.15, 0.2) is 18.6 Å². The molecule has 6 heteroatoms. The maximum absolute atomic E-state index is 11.6. The van der Waals surface area contributed by atoms with E-state index in [1.165, 1.54) is 18.6 Å². The summed E-state index contributed by atoms with van der Waals surface area (Å²) in [4.78, 5) is 19.4. The second-order valence-corrected chi connectivity index (χ2v) is 3.13. The van der Waals surface area contributed by atoms with Gasteiger partial charge in [-0.25, -0.2) is 9.99 Å². The number of carbonyl (C=O) groups is 1. The summed E-state index contributed by atoms with van der Waals surface area (Å²) < 4.78 is 5.17. The number of carbonyl (C=O) groups excluding carboxylic acids is 1. The van der Waals surface area contributed by atoms with Crippen molar-refractivity contribution >= 4 is 5.91 Å². The van der Waals surface area contributed by atoms with E-state index in [1.54, 1.807) is 0 Å². The Bertz CT molecular complexity index is 324. The molecule has 1 amide bonds. The number of hydrogen-bond donors (Lipinski definition) is 1. The number of ether oxygens (including phenoxy) is 1. The molecular formula is C9H12N4O2. The summed E-state index contributed by atoms with van der Waals surface area (Å²) in [5.41, 5.74) is 3.07. The average Bonchev–Trinajstić information content (AvgIpc) is 2.31. The first-order valence-electron chi connectivity index (χ1n) is 4.76. The van der Waals surface area contributed by atoms with Crippen LogP contribution in [0.25, 0.3) is 0 Å². The van der Waals surface area contributed by atoms with Crippen molar-refractivity contribution in [3.05, 3.63) is 24.3 Å². The van der Waals surface area contributed by atoms with Gasteiger partial charge in [0.05, 0.1) is 19.4 Å². The summed E-state index contributed by atoms with van der Waals surface area (Å²) in [5, 5.41) is 1.82. The van der Waals surface area contributed by atoms with Crippen LogP contribution in [0.3, 0.4) is 0 Å². The van der Waals surface area contributed by atoms with Crippen molar-refractivity contribution in [2.75, 3.05) is 26.3 Å². The molecular weight excluding hydrogens is 196 g/mol. The van der Waals surface area contributed by atoms with E-state index in [4.69, 9.17) is 4.74 Å². The van der Waals surface area contributed by atoms with Gasteiger partial charge in [-0.3, -0.25) is 15.2 Å². The van der Waals surface area contributed by atoms with Crippen molar-refractivity contribution < 1.29 is 9.53 Å². The standard InChI is InChI=1S/C9H12N4O2/c14-9(8-7-10-1-2-11-8)12-13-3-5-15-6-4-13/h1-2,7H,3-6H2,(H,12,14). The molecule has 1 aromatic heterocycles. The van der Waals surface area contributed by atoms with Crippen molar-refractivity contribution in [1.82, 2.24) is 20.4 Å². The van der Waals surface area contributed by atoms with Gasteiger partial charge in [-0.2, -0.15) is 0 Å². The topological polar surface area (TPSA) is 67.4 Å². The quantitative estimate of drug-likeness (QED) is 0.706. The molecule has 80 valence electrons. The van der Waals surface area contributed by atoms with E-state index in [2.05, 4.69) is 15.4 Å². The van der Waals surface area contributed by atoms with Gasteiger partial charge in [0.2, 0.25) is 0 Å². The van der Waals surface area contributed by atoms with E-state index in [0.29, 0.717) is 32.0 Å². The molecule has 0 spiro atoms. The highest BCUT2D eigenvalue weighted by Crippen LogP contribution is 1.95. The lowest BCUT2D eigenvalue weighted by Crippen LogP contribution is -2.48. The van der Waals surface area contributed by atoms with Gasteiger partial charge in [-0.1, -0.05) is 0 Å². The second-order valence-electron chi connectivity index (χ2n) is 3.13. The Hall–Kier alpha value is -1.53. The predicted octanol–water partition coefficient (Wildman–Crippen LogP) is -0.546. The van der Waals surface area contributed by atoms with Gasteiger partial charge in [0.25, 0.3) is 5.91 Å². The lowest BCUT2D eigenvalue weighted by molar-refractivity contribution is 0.0124. The molecule has 1 saturated heterocycles. The molecule has 0 atom stereocenters. The summed E-state index contributed by atoms with van der Waals surface area (Å²) >= 11 is 0. The smallest absolute Gasteiger partial charge is 0.285 e. The molecule has 1 aromatic rings. The second kappa shape index (κ2) is 4.81. The zero-order valence-corrected chi connectivity index (χ0v) is 8.22. The zero-order valence-electron chi connectivity index (χ0n) is 8.22. The number of hydrazine groups is 1. The molecule has 0 unspecified atom stereocenters. The minimum Gasteiger partial charge on any atom is -0.379 e. The Kier molecular flexibility index (Phi) is 3.21. The third kappa shape index (κ3) is 2.71. The number of hydrogen-bond acceptors (Lipinski definition) is 5. The molecule has 0 saturated carbocycles. The van der Waals surface area contributed by atoms with Crippen molar-refractivity contribution in [3.63, 3.8) is 0 Å². The van der Waals surface area contributed by atoms with Crippen LogP contribution in [-0.4, -0.2) is 47.2 Å². The minimum absolute atomic E-state index is 0.231. The molecule has 1 N–H and O–H groups in total. The fourth-order valence-corrected chi connectivity index (χ4v) is 1.29. The number of nitrogens with zero attached hydrogens (tertiary/aromatic N) is 3. The number of nitrogens with one attached hydrogen (secondary N) is 1. The van der Waals surface area contributed by atoms with Crippen LogP contribution in [0.2, 0.25) is 0 Å². The number of rotatable bonds is 2. The molecule has 1 fully saturated rings. The summed E-state index contributed by atoms with van der Waals surface area (Å²) in [5.74, 6) is -0.231. The van der Waals surface area contributed by atoms with Gasteiger partial charge in [0.15, 0.2) is 0 Å². The Morgan fingerprint density at radius 3 is 2.87 bits per heavy atom. The third-order valence-corrected chi connectivity index (χ3v) is 2.07. The van der Waals surface area contributed by atoms with E-state index in [1.807, 2.05) is 5.01 Å². The highest BCUT2D eigenvalue weighted by molar-refractivity contribution is 5.91. The van der Waals surface area contributed by atoms with Gasteiger partial charge >= 0.3 is 0 Å². The summed E-state index contributed by atoms with van der Waals surface area (Å²) in [6, 6.07) is 0. The average molecular weight is 208 g/mol. The highest BCUT2D eigenvalue weighted by Gasteiger charge is 2.14. The third-order valence-electron chi connectivity index (χ3n) is 2.07. The van der Waals surface area contributed by atoms with Crippen molar-refractivity contribution in [3.8, 4) is 0 Å². The fourth-order valence-electron chi connectivity index (χ4n) is 1.29. The maximum Gasteiger partial charge on any atom is 0.285 e. The van der Waals surface area contributed by atoms with Crippen LogP contribution in [-0.2, 0) is 4.74 Å². The SMILES string of the molecule is O=C(NN1CCOCC1)c1cnccn1. The van der Waals surface area contributed by atoms with Gasteiger partial charge in [0, 0.05) is 25.5 Å². The van der Waals surface area contributed by atoms with Gasteiger partial charge < -0.3 is 4.74 Å². The number of aromatic nitrogens is 2. The van der Waals surface area contributed by atoms with Crippen LogP contribution >= 0.6 is 0 Å². The lowest BCUT2D eigenvalue weighted by atomic mass is 10.4. The molecule has 0 bridgehead atoms. The lowest BCUT2D eigenvalue weighted by Gasteiger charge is -2.26. The van der Waals surface area contributed by atoms with E-state index in [-0.39, 0.29) is 5.91 Å². The Balaban J connectivity index is 1.91. The van der Waals surface area contributed by atoms with Crippen molar-refractivity contribution in [1.29, 1.82) is 0 Å². The molecule has 1 aliphatic heterocycles. The number of amides is 1. The Labute approximate surface area is 87.2 Å². The molecule has 6 nitrogen and oxygen atoms in total. The normalized spacial score (nSPS) is 17.3. The molecule has 2 heterocycles. The first kappa shape index (κ1) is 10.0. The van der Waals surface area contributed by atoms with Crippen LogP contribution in [0.4, 0.5) is 0 Å². The first-order chi connectivity index (χ1) is 7.36. The van der Waals surface area contributed by atoms with Crippen LogP contribution in [0.5, 0.6) is 0 Å². The van der Waals surface area contributed by atoms with Crippen LogP contribution < -0.4 is 5.43 Å². The van der Waals surface area contributed by atoms with Gasteiger partial charge in [-0.05, 0) is 0 Å². The van der Waals surface area contributed by atoms with Crippen molar-refractivity contribution in [2.45, 2.75) is 0 Å². The van der Waals surface area contributed by atoms with E-state index in [9.17, 15) is 4.79 Å². The predicted molar refractivity (Wildman–Crippen MR) is 51.9 cm³/mol. The van der Waals surface area contributed by atoms with E-state index in [0.717, 1.165) is 0 Å². The van der Waals surface area contributed by atoms with Crippen LogP contribution in [0.1, 0.15) is 10.5 Å². The first-order valence-corrected chi connectivity index (χ1v) is 4.76. The van der Waals surface area contributed by atoms with E-state index < -0.39 is 0 Å². The summed E-state index contributed by atoms with van der Waals surface area (Å²) in [6.07, 6.45) is 4.47. The zero-order chi connectivity index (χ0) is 10.5. The molecule has 0 radical (unpaired) electrons. The summed E-state index contributed by atoms with van der Waals surface area (Å²) in [7, 11) is 0. The molecule has 0 aromatic carbocycles. The number of morpholine rings is 1. The van der Waals surface area contributed by atoms with Crippen molar-refractivity contribution in [2.24, 2.45) is 0 Å². The van der Waals surface area contributed by atoms with Gasteiger partial charge in [0.1, 0.15) is 5.69 Å². The molecule has 15 heavy (non-hydrogen) atoms. The Morgan fingerprint density at radius 2 is 2.20 bits per heavy atom. The largest absolute Gasteiger partial charge is 0.379 e. The highest BCUT2D eigenvalue weighted by atomic mass is 16.5. The minimum atomic E-state index is -0.231. The monoisotopic (exact) mass is 208 g/mol. The van der Waals surface area contributed by atoms with Crippen LogP contribution in [0, 0.1) is 0 Å². The van der Waals surface area contributed by atoms with E-state index >= 15 is 0 Å². The Morgan fingerprint density at radius 1 is 1.40 bits per heavy atom. The maximum atomic E-state index is 11.6. The fraction of sp³-hybridized carbons (Fsp3) is 0.444. The molecule has 2 rings (SSSR count).